The number of rotatable bonds is 4. The Morgan fingerprint density at radius 1 is 1.35 bits per heavy atom. The summed E-state index contributed by atoms with van der Waals surface area (Å²) in [5, 5.41) is 0.706. The van der Waals surface area contributed by atoms with Crippen molar-refractivity contribution in [3.8, 4) is 5.75 Å². The second-order valence-corrected chi connectivity index (χ2v) is 5.27. The Morgan fingerprint density at radius 3 is 2.50 bits per heavy atom. The first-order valence-corrected chi connectivity index (χ1v) is 7.46. The molecule has 0 aliphatic heterocycles. The topological polar surface area (TPSA) is 70.1 Å². The van der Waals surface area contributed by atoms with Gasteiger partial charge in [0.25, 0.3) is 0 Å². The summed E-state index contributed by atoms with van der Waals surface area (Å²) in [5.74, 6) is 0.273. The van der Waals surface area contributed by atoms with Crippen molar-refractivity contribution in [2.75, 3.05) is 12.0 Å². The largest absolute Gasteiger partial charge is 0.422 e. The van der Waals surface area contributed by atoms with Crippen LogP contribution in [0.25, 0.3) is 0 Å². The zero-order chi connectivity index (χ0) is 14.7. The van der Waals surface area contributed by atoms with Gasteiger partial charge in [0.15, 0.2) is 10.9 Å². The molecule has 20 heavy (non-hydrogen) atoms. The molecule has 0 spiro atoms. The smallest absolute Gasteiger partial charge is 0.366 e. The van der Waals surface area contributed by atoms with Gasteiger partial charge in [-0.1, -0.05) is 30.0 Å². The molecule has 0 saturated heterocycles. The number of thioether (sulfide) groups is 1. The van der Waals surface area contributed by atoms with Gasteiger partial charge in [-0.3, -0.25) is 0 Å². The number of ether oxygens (including phenoxy) is 1. The Hall–Kier alpha value is -1.95. The highest BCUT2D eigenvalue weighted by molar-refractivity contribution is 7.98. The van der Waals surface area contributed by atoms with Gasteiger partial charge in [0.05, 0.1) is 0 Å². The van der Waals surface area contributed by atoms with E-state index in [1.807, 2.05) is 30.7 Å². The molecular weight excluding hydrogens is 274 g/mol. The number of esters is 1. The number of nitrogens with zero attached hydrogens (tertiary/aromatic N) is 2. The molecule has 0 unspecified atom stereocenters. The summed E-state index contributed by atoms with van der Waals surface area (Å²) in [4.78, 5) is 16.4. The van der Waals surface area contributed by atoms with Crippen LogP contribution in [0.2, 0.25) is 0 Å². The maximum absolute atomic E-state index is 12.2. The Balaban J connectivity index is 2.31. The van der Waals surface area contributed by atoms with Gasteiger partial charge in [0, 0.05) is 6.04 Å². The maximum Gasteiger partial charge on any atom is 0.366 e. The normalized spacial score (nSPS) is 10.8. The Kier molecular flexibility index (Phi) is 4.34. The second-order valence-electron chi connectivity index (χ2n) is 4.50. The molecule has 1 heterocycles. The van der Waals surface area contributed by atoms with Crippen molar-refractivity contribution in [3.63, 3.8) is 0 Å². The van der Waals surface area contributed by atoms with Crippen molar-refractivity contribution < 1.29 is 9.53 Å². The molecular formula is C14H17N3O2S. The standard InChI is InChI=1S/C14H17N3O2S/c1-9(2)17-12(15)11(16-14(17)20-3)13(18)19-10-7-5-4-6-8-10/h4-9H,15H2,1-3H3. The van der Waals surface area contributed by atoms with Crippen LogP contribution in [0.3, 0.4) is 0 Å². The predicted octanol–water partition coefficient (Wildman–Crippen LogP) is 2.99. The van der Waals surface area contributed by atoms with Crippen molar-refractivity contribution in [2.24, 2.45) is 0 Å². The SMILES string of the molecule is CSc1nc(C(=O)Oc2ccccc2)c(N)n1C(C)C. The van der Waals surface area contributed by atoms with Gasteiger partial charge in [-0.25, -0.2) is 9.78 Å². The highest BCUT2D eigenvalue weighted by Gasteiger charge is 2.23. The monoisotopic (exact) mass is 291 g/mol. The molecule has 0 saturated carbocycles. The lowest BCUT2D eigenvalue weighted by molar-refractivity contribution is 0.0730. The summed E-state index contributed by atoms with van der Waals surface area (Å²) in [6.07, 6.45) is 1.90. The van der Waals surface area contributed by atoms with Gasteiger partial charge in [-0.15, -0.1) is 0 Å². The van der Waals surface area contributed by atoms with Crippen LogP contribution < -0.4 is 10.5 Å². The minimum absolute atomic E-state index is 0.128. The van der Waals surface area contributed by atoms with Crippen LogP contribution in [-0.4, -0.2) is 21.8 Å². The van der Waals surface area contributed by atoms with E-state index in [-0.39, 0.29) is 11.7 Å². The Bertz CT molecular complexity index is 608. The Labute approximate surface area is 122 Å². The summed E-state index contributed by atoms with van der Waals surface area (Å²) in [7, 11) is 0. The molecule has 2 N–H and O–H groups in total. The third-order valence-electron chi connectivity index (χ3n) is 2.76. The molecule has 2 rings (SSSR count). The van der Waals surface area contributed by atoms with E-state index >= 15 is 0 Å². The molecule has 5 nitrogen and oxygen atoms in total. The number of anilines is 1. The number of nitrogens with two attached hydrogens (primary N) is 1. The third-order valence-corrected chi connectivity index (χ3v) is 3.41. The summed E-state index contributed by atoms with van der Waals surface area (Å²) in [6, 6.07) is 9.00. The first-order chi connectivity index (χ1) is 9.54. The van der Waals surface area contributed by atoms with Gasteiger partial charge in [0.2, 0.25) is 0 Å². The van der Waals surface area contributed by atoms with E-state index in [1.54, 1.807) is 24.3 Å². The van der Waals surface area contributed by atoms with Crippen LogP contribution >= 0.6 is 11.8 Å². The molecule has 0 amide bonds. The number of carbonyl (C=O) groups excluding carboxylic acids is 1. The highest BCUT2D eigenvalue weighted by atomic mass is 32.2. The van der Waals surface area contributed by atoms with Crippen LogP contribution in [0.5, 0.6) is 5.75 Å². The van der Waals surface area contributed by atoms with Crippen LogP contribution in [0.1, 0.15) is 30.4 Å². The zero-order valence-electron chi connectivity index (χ0n) is 11.7. The van der Waals surface area contributed by atoms with E-state index in [1.165, 1.54) is 11.8 Å². The summed E-state index contributed by atoms with van der Waals surface area (Å²) in [6.45, 7) is 3.98. The minimum atomic E-state index is -0.539. The van der Waals surface area contributed by atoms with Crippen molar-refractivity contribution >= 4 is 23.5 Å². The lowest BCUT2D eigenvalue weighted by atomic mass is 10.3. The number of aromatic nitrogens is 2. The van der Waals surface area contributed by atoms with Gasteiger partial charge in [-0.2, -0.15) is 0 Å². The quantitative estimate of drug-likeness (QED) is 0.533. The number of hydrogen-bond donors (Lipinski definition) is 1. The van der Waals surface area contributed by atoms with E-state index < -0.39 is 5.97 Å². The number of imidazole rings is 1. The average Bonchev–Trinajstić information content (AvgIpc) is 2.77. The van der Waals surface area contributed by atoms with Crippen molar-refractivity contribution in [3.05, 3.63) is 36.0 Å². The fourth-order valence-corrected chi connectivity index (χ4v) is 2.55. The van der Waals surface area contributed by atoms with Crippen molar-refractivity contribution in [1.82, 2.24) is 9.55 Å². The number of benzene rings is 1. The molecule has 1 aromatic carbocycles. The van der Waals surface area contributed by atoms with E-state index in [0.717, 1.165) is 0 Å². The first kappa shape index (κ1) is 14.5. The lowest BCUT2D eigenvalue weighted by Crippen LogP contribution is -2.13. The first-order valence-electron chi connectivity index (χ1n) is 6.23. The van der Waals surface area contributed by atoms with Crippen LogP contribution in [0.15, 0.2) is 35.5 Å². The average molecular weight is 291 g/mol. The number of hydrogen-bond acceptors (Lipinski definition) is 5. The van der Waals surface area contributed by atoms with E-state index in [2.05, 4.69) is 4.98 Å². The molecule has 0 aliphatic carbocycles. The lowest BCUT2D eigenvalue weighted by Gasteiger charge is -2.11. The molecule has 0 radical (unpaired) electrons. The molecule has 0 aliphatic rings. The molecule has 0 fully saturated rings. The molecule has 1 aromatic heterocycles. The van der Waals surface area contributed by atoms with Crippen molar-refractivity contribution in [2.45, 2.75) is 25.0 Å². The second kappa shape index (κ2) is 6.00. The van der Waals surface area contributed by atoms with E-state index in [4.69, 9.17) is 10.5 Å². The molecule has 6 heteroatoms. The van der Waals surface area contributed by atoms with Gasteiger partial charge < -0.3 is 15.0 Å². The van der Waals surface area contributed by atoms with Gasteiger partial charge >= 0.3 is 5.97 Å². The van der Waals surface area contributed by atoms with Crippen molar-refractivity contribution in [1.29, 1.82) is 0 Å². The fraction of sp³-hybridized carbons (Fsp3) is 0.286. The van der Waals surface area contributed by atoms with E-state index in [0.29, 0.717) is 16.7 Å². The summed E-state index contributed by atoms with van der Waals surface area (Å²) < 4.78 is 7.10. The highest BCUT2D eigenvalue weighted by Crippen LogP contribution is 2.26. The minimum Gasteiger partial charge on any atom is -0.422 e. The third kappa shape index (κ3) is 2.80. The Morgan fingerprint density at radius 2 is 2.00 bits per heavy atom. The number of nitrogen functional groups attached to an aromatic ring is 1. The van der Waals surface area contributed by atoms with Gasteiger partial charge in [-0.05, 0) is 32.2 Å². The number of carbonyl (C=O) groups is 1. The zero-order valence-corrected chi connectivity index (χ0v) is 12.5. The van der Waals surface area contributed by atoms with Gasteiger partial charge in [0.1, 0.15) is 11.6 Å². The predicted molar refractivity (Wildman–Crippen MR) is 80.2 cm³/mol. The fourth-order valence-electron chi connectivity index (χ4n) is 1.86. The van der Waals surface area contributed by atoms with Crippen LogP contribution in [-0.2, 0) is 0 Å². The molecule has 0 bridgehead atoms. The summed E-state index contributed by atoms with van der Waals surface area (Å²) in [5.41, 5.74) is 6.18. The molecule has 0 atom stereocenters. The molecule has 2 aromatic rings. The maximum atomic E-state index is 12.2. The van der Waals surface area contributed by atoms with Crippen LogP contribution in [0, 0.1) is 0 Å². The number of para-hydroxylation sites is 1. The van der Waals surface area contributed by atoms with E-state index in [9.17, 15) is 4.79 Å². The summed E-state index contributed by atoms with van der Waals surface area (Å²) >= 11 is 1.45. The molecule has 106 valence electrons. The van der Waals surface area contributed by atoms with Crippen LogP contribution in [0.4, 0.5) is 5.82 Å².